The van der Waals surface area contributed by atoms with E-state index in [9.17, 15) is 19.5 Å². The first-order chi connectivity index (χ1) is 18.3. The third-order valence-corrected chi connectivity index (χ3v) is 11.4. The number of rotatable bonds is 13. The summed E-state index contributed by atoms with van der Waals surface area (Å²) in [5.74, 6) is -1.74. The molecule has 2 bridgehead atoms. The maximum absolute atomic E-state index is 14.6. The third kappa shape index (κ3) is 4.96. The molecule has 1 spiro atoms. The molecule has 7 nitrogen and oxygen atoms in total. The number of carbonyl (C=O) groups excluding carboxylic acids is 3. The number of nitrogens with zero attached hydrogens (tertiary/aromatic N) is 2. The second kappa shape index (κ2) is 12.2. The van der Waals surface area contributed by atoms with Crippen molar-refractivity contribution in [1.82, 2.24) is 9.80 Å². The van der Waals surface area contributed by atoms with Gasteiger partial charge in [0.25, 0.3) is 0 Å². The van der Waals surface area contributed by atoms with Crippen LogP contribution < -0.4 is 0 Å². The average molecular weight is 547 g/mol. The molecule has 1 N–H and O–H groups in total. The molecule has 3 saturated heterocycles. The van der Waals surface area contributed by atoms with E-state index in [0.29, 0.717) is 26.0 Å². The second-order valence-electron chi connectivity index (χ2n) is 11.7. The third-order valence-electron chi connectivity index (χ3n) is 9.45. The van der Waals surface area contributed by atoms with Crippen LogP contribution >= 0.6 is 11.8 Å². The minimum Gasteiger partial charge on any atom is -0.465 e. The van der Waals surface area contributed by atoms with Crippen molar-refractivity contribution in [3.63, 3.8) is 0 Å². The van der Waals surface area contributed by atoms with E-state index in [1.807, 2.05) is 17.9 Å². The molecule has 8 heteroatoms. The highest BCUT2D eigenvalue weighted by Crippen LogP contribution is 2.72. The van der Waals surface area contributed by atoms with E-state index in [4.69, 9.17) is 4.74 Å². The fourth-order valence-corrected chi connectivity index (χ4v) is 9.89. The number of carbonyl (C=O) groups is 3. The molecule has 4 fully saturated rings. The Kier molecular flexibility index (Phi) is 9.34. The fourth-order valence-electron chi connectivity index (χ4n) is 7.57. The summed E-state index contributed by atoms with van der Waals surface area (Å²) in [7, 11) is 0. The molecule has 0 radical (unpaired) electrons. The highest BCUT2D eigenvalue weighted by atomic mass is 32.2. The predicted octanol–water partition coefficient (Wildman–Crippen LogP) is 4.49. The lowest BCUT2D eigenvalue weighted by molar-refractivity contribution is -0.156. The molecule has 3 aliphatic heterocycles. The lowest BCUT2D eigenvalue weighted by Crippen LogP contribution is -2.59. The average Bonchev–Trinajstić information content (AvgIpc) is 3.49. The molecule has 1 aliphatic carbocycles. The molecule has 6 atom stereocenters. The van der Waals surface area contributed by atoms with Crippen molar-refractivity contribution < 1.29 is 24.2 Å². The number of hydrogen-bond acceptors (Lipinski definition) is 6. The van der Waals surface area contributed by atoms with E-state index >= 15 is 0 Å². The molecule has 38 heavy (non-hydrogen) atoms. The van der Waals surface area contributed by atoms with Crippen LogP contribution in [0.5, 0.6) is 0 Å². The number of likely N-dealkylation sites (tertiary alicyclic amines) is 1. The van der Waals surface area contributed by atoms with Crippen LogP contribution in [-0.2, 0) is 19.1 Å². The molecular formula is C30H46N2O5S. The first kappa shape index (κ1) is 29.2. The summed E-state index contributed by atoms with van der Waals surface area (Å²) in [4.78, 5) is 46.0. The molecular weight excluding hydrogens is 500 g/mol. The quantitative estimate of drug-likeness (QED) is 0.208. The van der Waals surface area contributed by atoms with Crippen molar-refractivity contribution >= 4 is 29.5 Å². The van der Waals surface area contributed by atoms with E-state index in [-0.39, 0.29) is 30.4 Å². The highest BCUT2D eigenvalue weighted by Gasteiger charge is 2.78. The van der Waals surface area contributed by atoms with E-state index in [2.05, 4.69) is 20.1 Å². The molecule has 3 heterocycles. The van der Waals surface area contributed by atoms with Gasteiger partial charge in [-0.1, -0.05) is 38.3 Å². The van der Waals surface area contributed by atoms with Gasteiger partial charge >= 0.3 is 5.97 Å². The number of ether oxygens (including phenoxy) is 1. The molecule has 4 rings (SSSR count). The zero-order valence-electron chi connectivity index (χ0n) is 23.2. The summed E-state index contributed by atoms with van der Waals surface area (Å²) in [6, 6.07) is -1.03. The Labute approximate surface area is 232 Å². The van der Waals surface area contributed by atoms with Gasteiger partial charge in [0.2, 0.25) is 11.8 Å². The number of allylic oxidation sites excluding steroid dienone is 1. The zero-order valence-corrected chi connectivity index (χ0v) is 24.1. The summed E-state index contributed by atoms with van der Waals surface area (Å²) in [5, 5.41) is 10.3. The molecule has 1 saturated carbocycles. The van der Waals surface area contributed by atoms with Crippen molar-refractivity contribution in [3.8, 4) is 0 Å². The standard InChI is InChI=1S/C30H46N2O5S/c1-5-8-9-13-19-37-28(36)24-23-26(34)32(21(7-3)20-33)25(30(23)17-16-29(24,4)38-30)27(35)31(18-6-2)22-14-11-10-12-15-22/h5-6,21-25,33H,1-2,7-20H2,3-4H3/t21-,23-,24-,25?,29+,30?/m0/s1. The maximum Gasteiger partial charge on any atom is 0.311 e. The van der Waals surface area contributed by atoms with Crippen LogP contribution in [0.2, 0.25) is 0 Å². The van der Waals surface area contributed by atoms with Crippen LogP contribution in [-0.4, -0.2) is 80.1 Å². The van der Waals surface area contributed by atoms with Gasteiger partial charge in [-0.25, -0.2) is 0 Å². The van der Waals surface area contributed by atoms with Crippen LogP contribution in [0.25, 0.3) is 0 Å². The van der Waals surface area contributed by atoms with E-state index in [1.165, 1.54) is 6.42 Å². The topological polar surface area (TPSA) is 87.1 Å². The molecule has 0 aromatic rings. The van der Waals surface area contributed by atoms with Crippen LogP contribution in [0.3, 0.4) is 0 Å². The Hall–Kier alpha value is -1.80. The first-order valence-electron chi connectivity index (χ1n) is 14.6. The Morgan fingerprint density at radius 3 is 2.58 bits per heavy atom. The molecule has 2 unspecified atom stereocenters. The van der Waals surface area contributed by atoms with Gasteiger partial charge in [0.15, 0.2) is 0 Å². The smallest absolute Gasteiger partial charge is 0.311 e. The van der Waals surface area contributed by atoms with Gasteiger partial charge in [0, 0.05) is 17.3 Å². The van der Waals surface area contributed by atoms with Crippen LogP contribution in [0.1, 0.15) is 84.5 Å². The minimum absolute atomic E-state index is 0.0465. The van der Waals surface area contributed by atoms with Gasteiger partial charge in [-0.3, -0.25) is 14.4 Å². The van der Waals surface area contributed by atoms with Crippen LogP contribution in [0.15, 0.2) is 25.3 Å². The van der Waals surface area contributed by atoms with Gasteiger partial charge in [0.1, 0.15) is 6.04 Å². The van der Waals surface area contributed by atoms with Crippen LogP contribution in [0, 0.1) is 11.8 Å². The number of hydrogen-bond donors (Lipinski definition) is 1. The Morgan fingerprint density at radius 2 is 1.95 bits per heavy atom. The maximum atomic E-state index is 14.6. The summed E-state index contributed by atoms with van der Waals surface area (Å²) >= 11 is 1.67. The number of aliphatic hydroxyl groups is 1. The Bertz CT molecular complexity index is 916. The molecule has 0 aromatic carbocycles. The Balaban J connectivity index is 1.68. The second-order valence-corrected chi connectivity index (χ2v) is 13.6. The van der Waals surface area contributed by atoms with Crippen LogP contribution in [0.4, 0.5) is 0 Å². The van der Waals surface area contributed by atoms with Gasteiger partial charge in [0.05, 0.1) is 35.8 Å². The first-order valence-corrected chi connectivity index (χ1v) is 15.4. The summed E-state index contributed by atoms with van der Waals surface area (Å²) in [6.45, 7) is 12.2. The number of fused-ring (bicyclic) bond motifs is 1. The van der Waals surface area contributed by atoms with E-state index in [0.717, 1.165) is 51.4 Å². The van der Waals surface area contributed by atoms with Gasteiger partial charge < -0.3 is 19.6 Å². The largest absolute Gasteiger partial charge is 0.465 e. The van der Waals surface area contributed by atoms with Crippen molar-refractivity contribution in [2.45, 2.75) is 112 Å². The minimum atomic E-state index is -0.698. The highest BCUT2D eigenvalue weighted by molar-refractivity contribution is 8.02. The summed E-state index contributed by atoms with van der Waals surface area (Å²) in [6.07, 6.45) is 13.5. The van der Waals surface area contributed by atoms with Crippen molar-refractivity contribution in [2.24, 2.45) is 11.8 Å². The molecule has 2 amide bonds. The molecule has 212 valence electrons. The Morgan fingerprint density at radius 1 is 1.21 bits per heavy atom. The zero-order chi connectivity index (χ0) is 27.5. The SMILES string of the molecule is C=CCCCCOC(=O)[C@@H]1[C@H]2C(=O)N([C@@H](CC)CO)C(C(=O)N(CC=C)C3CCCCC3)C23CC[C@@]1(C)S3. The molecule has 0 aromatic heterocycles. The predicted molar refractivity (Wildman–Crippen MR) is 151 cm³/mol. The number of thioether (sulfide) groups is 1. The number of esters is 1. The van der Waals surface area contributed by atoms with Crippen molar-refractivity contribution in [1.29, 1.82) is 0 Å². The fraction of sp³-hybridized carbons (Fsp3) is 0.767. The number of amides is 2. The lowest BCUT2D eigenvalue weighted by Gasteiger charge is -2.42. The van der Waals surface area contributed by atoms with E-state index in [1.54, 1.807) is 22.7 Å². The summed E-state index contributed by atoms with van der Waals surface area (Å²) < 4.78 is 4.62. The monoisotopic (exact) mass is 546 g/mol. The van der Waals surface area contributed by atoms with E-state index < -0.39 is 33.4 Å². The number of unbranched alkanes of at least 4 members (excludes halogenated alkanes) is 2. The molecule has 4 aliphatic rings. The summed E-state index contributed by atoms with van der Waals surface area (Å²) in [5.41, 5.74) is 0. The normalized spacial score (nSPS) is 33.2. The van der Waals surface area contributed by atoms with Crippen molar-refractivity contribution in [2.75, 3.05) is 19.8 Å². The van der Waals surface area contributed by atoms with Crippen molar-refractivity contribution in [3.05, 3.63) is 25.3 Å². The van der Waals surface area contributed by atoms with Gasteiger partial charge in [-0.15, -0.1) is 24.9 Å². The lowest BCUT2D eigenvalue weighted by atomic mass is 9.66. The number of aliphatic hydroxyl groups excluding tert-OH is 1. The van der Waals surface area contributed by atoms with Gasteiger partial charge in [-0.2, -0.15) is 0 Å². The van der Waals surface area contributed by atoms with Gasteiger partial charge in [-0.05, 0) is 58.3 Å².